The maximum atomic E-state index is 13.1. The lowest BCUT2D eigenvalue weighted by Gasteiger charge is -2.14. The number of rotatable bonds is 7. The number of aromatic nitrogens is 4. The molecule has 0 saturated carbocycles. The van der Waals surface area contributed by atoms with Crippen molar-refractivity contribution in [3.63, 3.8) is 0 Å². The molecule has 1 unspecified atom stereocenters. The highest BCUT2D eigenvalue weighted by atomic mass is 32.2. The molecule has 31 heavy (non-hydrogen) atoms. The van der Waals surface area contributed by atoms with Gasteiger partial charge in [0.05, 0.1) is 16.8 Å². The summed E-state index contributed by atoms with van der Waals surface area (Å²) < 4.78 is 58.3. The van der Waals surface area contributed by atoms with Crippen molar-refractivity contribution < 1.29 is 22.1 Å². The lowest BCUT2D eigenvalue weighted by molar-refractivity contribution is 0.244. The van der Waals surface area contributed by atoms with E-state index in [1.165, 1.54) is 36.7 Å². The first-order chi connectivity index (χ1) is 14.9. The second-order valence-electron chi connectivity index (χ2n) is 6.34. The number of hydrogen-bond acceptors (Lipinski definition) is 6. The van der Waals surface area contributed by atoms with Gasteiger partial charge < -0.3 is 10.5 Å². The number of hydrogen-bond donors (Lipinski definition) is 3. The van der Waals surface area contributed by atoms with Gasteiger partial charge >= 0.3 is 5.76 Å². The summed E-state index contributed by atoms with van der Waals surface area (Å²) in [4.78, 5) is 8.29. The molecule has 0 fully saturated rings. The number of benzene rings is 2. The van der Waals surface area contributed by atoms with Crippen LogP contribution in [0.4, 0.5) is 24.7 Å². The molecule has 0 aliphatic rings. The minimum absolute atomic E-state index is 0.0206. The zero-order valence-corrected chi connectivity index (χ0v) is 16.5. The Bertz CT molecular complexity index is 1250. The molecule has 0 spiro atoms. The van der Waals surface area contributed by atoms with E-state index in [1.807, 2.05) is 0 Å². The number of alkyl halides is 2. The summed E-state index contributed by atoms with van der Waals surface area (Å²) in [6.45, 7) is 0.0206. The van der Waals surface area contributed by atoms with Crippen molar-refractivity contribution in [1.82, 2.24) is 20.2 Å². The van der Waals surface area contributed by atoms with Crippen LogP contribution in [0.3, 0.4) is 0 Å². The van der Waals surface area contributed by atoms with Gasteiger partial charge in [-0.15, -0.1) is 0 Å². The minimum Gasteiger partial charge on any atom is -0.487 e. The Morgan fingerprint density at radius 2 is 1.94 bits per heavy atom. The number of H-pyrrole nitrogens is 1. The monoisotopic (exact) mass is 448 g/mol. The van der Waals surface area contributed by atoms with Gasteiger partial charge in [-0.25, -0.2) is 18.6 Å². The largest absolute Gasteiger partial charge is 0.487 e. The number of anilines is 2. The molecule has 2 heterocycles. The van der Waals surface area contributed by atoms with E-state index in [0.29, 0.717) is 27.9 Å². The Kier molecular flexibility index (Phi) is 5.71. The van der Waals surface area contributed by atoms with Gasteiger partial charge in [-0.3, -0.25) is 9.82 Å². The van der Waals surface area contributed by atoms with Crippen LogP contribution in [0.25, 0.3) is 22.3 Å². The third-order valence-corrected chi connectivity index (χ3v) is 5.06. The van der Waals surface area contributed by atoms with E-state index < -0.39 is 22.6 Å². The van der Waals surface area contributed by atoms with E-state index in [0.717, 1.165) is 0 Å². The van der Waals surface area contributed by atoms with Crippen LogP contribution in [-0.2, 0) is 17.6 Å². The maximum absolute atomic E-state index is 13.1. The van der Waals surface area contributed by atoms with Crippen LogP contribution in [0.2, 0.25) is 0 Å². The van der Waals surface area contributed by atoms with Gasteiger partial charge in [0.25, 0.3) is 0 Å². The summed E-state index contributed by atoms with van der Waals surface area (Å²) in [6.07, 6.45) is 1.31. The highest BCUT2D eigenvalue weighted by Crippen LogP contribution is 2.35. The zero-order chi connectivity index (χ0) is 22.0. The average molecular weight is 448 g/mol. The number of nitrogen functional groups attached to an aromatic ring is 1. The molecule has 0 saturated heterocycles. The van der Waals surface area contributed by atoms with Crippen LogP contribution in [0.15, 0.2) is 48.8 Å². The summed E-state index contributed by atoms with van der Waals surface area (Å²) in [5, 5.41) is 7.11. The highest BCUT2D eigenvalue weighted by molar-refractivity contribution is 7.86. The van der Waals surface area contributed by atoms with Crippen LogP contribution in [-0.4, -0.2) is 30.1 Å². The van der Waals surface area contributed by atoms with Gasteiger partial charge in [0.15, 0.2) is 16.6 Å². The van der Waals surface area contributed by atoms with Crippen molar-refractivity contribution in [2.75, 3.05) is 10.5 Å². The molecule has 0 bridgehead atoms. The summed E-state index contributed by atoms with van der Waals surface area (Å²) in [5.74, 6) is -3.08. The molecular weight excluding hydrogens is 433 g/mol. The molecule has 0 aliphatic heterocycles. The van der Waals surface area contributed by atoms with Gasteiger partial charge in [0.2, 0.25) is 0 Å². The number of fused-ring (bicyclic) bond motifs is 1. The van der Waals surface area contributed by atoms with E-state index in [4.69, 9.17) is 10.5 Å². The quantitative estimate of drug-likeness (QED) is 0.397. The van der Waals surface area contributed by atoms with Crippen LogP contribution in [0.5, 0.6) is 5.75 Å². The molecule has 160 valence electrons. The second kappa shape index (κ2) is 8.60. The fraction of sp³-hybridized carbons (Fsp3) is 0.105. The lowest BCUT2D eigenvalue weighted by Crippen LogP contribution is -2.13. The topological polar surface area (TPSA) is 119 Å². The fourth-order valence-electron chi connectivity index (χ4n) is 2.87. The Balaban J connectivity index is 1.72. The van der Waals surface area contributed by atoms with E-state index in [1.54, 1.807) is 12.1 Å². The molecule has 0 aliphatic carbocycles. The van der Waals surface area contributed by atoms with Crippen molar-refractivity contribution in [3.05, 3.63) is 60.2 Å². The van der Waals surface area contributed by atoms with Crippen LogP contribution < -0.4 is 15.2 Å². The Morgan fingerprint density at radius 1 is 1.16 bits per heavy atom. The number of nitrogens with two attached hydrogens (primary N) is 1. The lowest BCUT2D eigenvalue weighted by atomic mass is 10.1. The van der Waals surface area contributed by atoms with Crippen molar-refractivity contribution in [2.24, 2.45) is 0 Å². The van der Waals surface area contributed by atoms with Gasteiger partial charge in [-0.2, -0.15) is 13.9 Å². The first kappa shape index (κ1) is 20.6. The molecule has 4 rings (SSSR count). The van der Waals surface area contributed by atoms with Crippen molar-refractivity contribution in [1.29, 1.82) is 0 Å². The van der Waals surface area contributed by atoms with Crippen molar-refractivity contribution >= 4 is 33.5 Å². The predicted molar refractivity (Wildman–Crippen MR) is 110 cm³/mol. The molecule has 2 aromatic heterocycles. The summed E-state index contributed by atoms with van der Waals surface area (Å²) >= 11 is 0. The van der Waals surface area contributed by atoms with Crippen LogP contribution >= 0.6 is 0 Å². The highest BCUT2D eigenvalue weighted by Gasteiger charge is 2.18. The Hall–Kier alpha value is -3.67. The van der Waals surface area contributed by atoms with E-state index in [2.05, 4.69) is 24.9 Å². The first-order valence-electron chi connectivity index (χ1n) is 8.84. The summed E-state index contributed by atoms with van der Waals surface area (Å²) in [7, 11) is -2.63. The standard InChI is InChI=1S/C19H15F3N6O2S/c20-12-4-1-10(2-5-12)8-30-14-7-11(3-6-13(14)28-31(29)19(21)22)16-15-17(23)26-27-18(15)25-9-24-16/h1-7,9,19,28H,8H2,(H3,23,24,25,26,27). The molecule has 12 heteroatoms. The Morgan fingerprint density at radius 3 is 2.68 bits per heavy atom. The number of halogens is 3. The molecule has 2 aromatic carbocycles. The summed E-state index contributed by atoms with van der Waals surface area (Å²) in [6, 6.07) is 10.2. The van der Waals surface area contributed by atoms with Gasteiger partial charge in [-0.1, -0.05) is 18.2 Å². The maximum Gasteiger partial charge on any atom is 0.330 e. The second-order valence-corrected chi connectivity index (χ2v) is 7.50. The van der Waals surface area contributed by atoms with Crippen LogP contribution in [0, 0.1) is 5.82 Å². The summed E-state index contributed by atoms with van der Waals surface area (Å²) in [5.41, 5.74) is 8.03. The third-order valence-electron chi connectivity index (χ3n) is 4.31. The smallest absolute Gasteiger partial charge is 0.330 e. The number of nitrogens with one attached hydrogen (secondary N) is 2. The number of nitrogens with zero attached hydrogens (tertiary/aromatic N) is 3. The fourth-order valence-corrected chi connectivity index (χ4v) is 3.34. The molecule has 8 nitrogen and oxygen atoms in total. The van der Waals surface area contributed by atoms with E-state index in [-0.39, 0.29) is 23.9 Å². The zero-order valence-electron chi connectivity index (χ0n) is 15.7. The molecule has 1 atom stereocenters. The van der Waals surface area contributed by atoms with Gasteiger partial charge in [0, 0.05) is 5.56 Å². The molecule has 4 N–H and O–H groups in total. The number of ether oxygens (including phenoxy) is 1. The van der Waals surface area contributed by atoms with Gasteiger partial charge in [0.1, 0.15) is 30.3 Å². The van der Waals surface area contributed by atoms with Gasteiger partial charge in [-0.05, 0) is 29.8 Å². The third kappa shape index (κ3) is 4.43. The molecular formula is C19H15F3N6O2S. The number of aromatic amines is 1. The SMILES string of the molecule is Nc1[nH]nc2ncnc(-c3ccc(NS(=O)C(F)F)c(OCc4ccc(F)cc4)c3)c12. The van der Waals surface area contributed by atoms with E-state index >= 15 is 0 Å². The molecule has 4 aromatic rings. The van der Waals surface area contributed by atoms with Crippen molar-refractivity contribution in [2.45, 2.75) is 12.4 Å². The molecule has 0 radical (unpaired) electrons. The predicted octanol–water partition coefficient (Wildman–Crippen LogP) is 3.62. The van der Waals surface area contributed by atoms with Crippen molar-refractivity contribution in [3.8, 4) is 17.0 Å². The van der Waals surface area contributed by atoms with E-state index in [9.17, 15) is 17.4 Å². The molecule has 0 amide bonds. The average Bonchev–Trinajstić information content (AvgIpc) is 3.15. The Labute approximate surface area is 176 Å². The minimum atomic E-state index is -3.09. The first-order valence-corrected chi connectivity index (χ1v) is 10.1. The normalized spacial score (nSPS) is 12.3. The van der Waals surface area contributed by atoms with Crippen LogP contribution in [0.1, 0.15) is 5.56 Å².